The molecule has 0 radical (unpaired) electrons. The number of nitrogen functional groups attached to an aromatic ring is 1. The van der Waals surface area contributed by atoms with E-state index < -0.39 is 17.6 Å². The lowest BCUT2D eigenvalue weighted by molar-refractivity contribution is -0.140. The molecule has 2 heterocycles. The molecule has 30 heavy (non-hydrogen) atoms. The third kappa shape index (κ3) is 3.95. The van der Waals surface area contributed by atoms with E-state index in [1.165, 1.54) is 11.3 Å². The van der Waals surface area contributed by atoms with Gasteiger partial charge in [0.1, 0.15) is 23.0 Å². The van der Waals surface area contributed by atoms with Crippen LogP contribution in [0.25, 0.3) is 0 Å². The molecule has 1 aromatic heterocycles. The number of ether oxygens (including phenoxy) is 1. The summed E-state index contributed by atoms with van der Waals surface area (Å²) in [5.41, 5.74) is 6.19. The molecule has 2 aromatic carbocycles. The fourth-order valence-corrected chi connectivity index (χ4v) is 3.84. The SMILES string of the molecule is Nc1nc(C(=O)N2CCc3c(cccc3Oc3ccc(C(F)(F)F)c(F)c3)C2)cs1. The average Bonchev–Trinajstić information content (AvgIpc) is 3.12. The second-order valence-electron chi connectivity index (χ2n) is 6.68. The van der Waals surface area contributed by atoms with Crippen LogP contribution in [0.1, 0.15) is 27.2 Å². The topological polar surface area (TPSA) is 68.5 Å². The van der Waals surface area contributed by atoms with Crippen LogP contribution < -0.4 is 10.5 Å². The Balaban J connectivity index is 1.54. The quantitative estimate of drug-likeness (QED) is 0.594. The van der Waals surface area contributed by atoms with Gasteiger partial charge in [0.15, 0.2) is 5.13 Å². The van der Waals surface area contributed by atoms with Gasteiger partial charge in [-0.3, -0.25) is 4.79 Å². The standard InChI is InChI=1S/C20H15F4N3O2S/c21-15-8-12(4-5-14(15)20(22,23)24)29-17-3-1-2-11-9-27(7-6-13(11)17)18(28)16-10-30-19(25)26-16/h1-5,8,10H,6-7,9H2,(H2,25,26). The number of nitrogens with two attached hydrogens (primary N) is 1. The summed E-state index contributed by atoms with van der Waals surface area (Å²) in [4.78, 5) is 18.2. The number of fused-ring (bicyclic) bond motifs is 1. The number of amides is 1. The van der Waals surface area contributed by atoms with Crippen molar-refractivity contribution in [2.75, 3.05) is 12.3 Å². The smallest absolute Gasteiger partial charge is 0.419 e. The fourth-order valence-electron chi connectivity index (χ4n) is 3.31. The minimum atomic E-state index is -4.77. The average molecular weight is 437 g/mol. The summed E-state index contributed by atoms with van der Waals surface area (Å²) in [7, 11) is 0. The van der Waals surface area contributed by atoms with Crippen LogP contribution in [0.3, 0.4) is 0 Å². The Bertz CT molecular complexity index is 1110. The highest BCUT2D eigenvalue weighted by Crippen LogP contribution is 2.36. The molecule has 5 nitrogen and oxygen atoms in total. The van der Waals surface area contributed by atoms with Crippen molar-refractivity contribution in [3.63, 3.8) is 0 Å². The van der Waals surface area contributed by atoms with Gasteiger partial charge in [-0.05, 0) is 30.2 Å². The Morgan fingerprint density at radius 1 is 1.23 bits per heavy atom. The van der Waals surface area contributed by atoms with E-state index in [2.05, 4.69) is 4.98 Å². The molecule has 3 aromatic rings. The van der Waals surface area contributed by atoms with Crippen LogP contribution in [0.2, 0.25) is 0 Å². The number of hydrogen-bond acceptors (Lipinski definition) is 5. The van der Waals surface area contributed by atoms with Crippen molar-refractivity contribution in [3.8, 4) is 11.5 Å². The van der Waals surface area contributed by atoms with Gasteiger partial charge in [0.25, 0.3) is 5.91 Å². The van der Waals surface area contributed by atoms with Crippen molar-refractivity contribution >= 4 is 22.4 Å². The summed E-state index contributed by atoms with van der Waals surface area (Å²) in [6, 6.07) is 7.66. The lowest BCUT2D eigenvalue weighted by Gasteiger charge is -2.29. The van der Waals surface area contributed by atoms with Crippen molar-refractivity contribution in [3.05, 3.63) is 70.0 Å². The minimum Gasteiger partial charge on any atom is -0.457 e. The van der Waals surface area contributed by atoms with Crippen molar-refractivity contribution in [2.45, 2.75) is 19.1 Å². The van der Waals surface area contributed by atoms with Gasteiger partial charge in [-0.15, -0.1) is 11.3 Å². The van der Waals surface area contributed by atoms with E-state index in [1.54, 1.807) is 22.4 Å². The second-order valence-corrected chi connectivity index (χ2v) is 7.57. The number of hydrogen-bond donors (Lipinski definition) is 1. The maximum atomic E-state index is 13.8. The van der Waals surface area contributed by atoms with Gasteiger partial charge >= 0.3 is 6.18 Å². The maximum absolute atomic E-state index is 13.8. The minimum absolute atomic E-state index is 0.0367. The molecule has 0 bridgehead atoms. The van der Waals surface area contributed by atoms with Crippen molar-refractivity contribution in [1.82, 2.24) is 9.88 Å². The first-order valence-electron chi connectivity index (χ1n) is 8.88. The van der Waals surface area contributed by atoms with Gasteiger partial charge in [-0.25, -0.2) is 9.37 Å². The van der Waals surface area contributed by atoms with E-state index in [4.69, 9.17) is 10.5 Å². The van der Waals surface area contributed by atoms with Crippen LogP contribution in [0, 0.1) is 5.82 Å². The van der Waals surface area contributed by atoms with Crippen LogP contribution in [0.4, 0.5) is 22.7 Å². The van der Waals surface area contributed by atoms with Crippen LogP contribution in [-0.2, 0) is 19.1 Å². The Hall–Kier alpha value is -3.14. The Labute approximate surface area is 172 Å². The highest BCUT2D eigenvalue weighted by atomic mass is 32.1. The number of alkyl halides is 3. The van der Waals surface area contributed by atoms with Gasteiger partial charge in [-0.2, -0.15) is 13.2 Å². The Morgan fingerprint density at radius 2 is 2.03 bits per heavy atom. The molecule has 10 heteroatoms. The molecule has 0 spiro atoms. The summed E-state index contributed by atoms with van der Waals surface area (Å²) in [5.74, 6) is -1.25. The number of aromatic nitrogens is 1. The van der Waals surface area contributed by atoms with Gasteiger partial charge in [0.2, 0.25) is 0 Å². The number of nitrogens with zero attached hydrogens (tertiary/aromatic N) is 2. The van der Waals surface area contributed by atoms with Gasteiger partial charge in [0.05, 0.1) is 5.56 Å². The summed E-state index contributed by atoms with van der Waals surface area (Å²) >= 11 is 1.19. The molecule has 0 atom stereocenters. The molecular weight excluding hydrogens is 422 g/mol. The van der Waals surface area contributed by atoms with E-state index in [9.17, 15) is 22.4 Å². The first-order valence-corrected chi connectivity index (χ1v) is 9.76. The summed E-state index contributed by atoms with van der Waals surface area (Å²) in [6.45, 7) is 0.731. The van der Waals surface area contributed by atoms with Gasteiger partial charge in [-0.1, -0.05) is 12.1 Å². The molecular formula is C20H15F4N3O2S. The number of benzene rings is 2. The molecule has 0 saturated heterocycles. The van der Waals surface area contributed by atoms with Crippen molar-refractivity contribution in [1.29, 1.82) is 0 Å². The molecule has 1 aliphatic rings. The zero-order valence-electron chi connectivity index (χ0n) is 15.4. The maximum Gasteiger partial charge on any atom is 0.419 e. The zero-order chi connectivity index (χ0) is 21.5. The fraction of sp³-hybridized carbons (Fsp3) is 0.200. The number of carbonyl (C=O) groups is 1. The van der Waals surface area contributed by atoms with Gasteiger partial charge in [0, 0.05) is 30.1 Å². The highest BCUT2D eigenvalue weighted by Gasteiger charge is 2.34. The molecule has 1 amide bonds. The molecule has 0 aliphatic carbocycles. The van der Waals surface area contributed by atoms with Crippen molar-refractivity contribution in [2.24, 2.45) is 0 Å². The van der Waals surface area contributed by atoms with E-state index in [1.807, 2.05) is 6.07 Å². The van der Waals surface area contributed by atoms with E-state index in [-0.39, 0.29) is 17.4 Å². The number of rotatable bonds is 3. The van der Waals surface area contributed by atoms with E-state index in [0.29, 0.717) is 42.5 Å². The summed E-state index contributed by atoms with van der Waals surface area (Å²) in [6.07, 6.45) is -4.30. The third-order valence-corrected chi connectivity index (χ3v) is 5.40. The first-order chi connectivity index (χ1) is 14.2. The normalized spacial score (nSPS) is 13.8. The second kappa shape index (κ2) is 7.60. The van der Waals surface area contributed by atoms with Crippen LogP contribution in [0.5, 0.6) is 11.5 Å². The monoisotopic (exact) mass is 437 g/mol. The number of thiazole rings is 1. The first kappa shape index (κ1) is 20.1. The number of anilines is 1. The lowest BCUT2D eigenvalue weighted by Crippen LogP contribution is -2.36. The van der Waals surface area contributed by atoms with Gasteiger partial charge < -0.3 is 15.4 Å². The zero-order valence-corrected chi connectivity index (χ0v) is 16.2. The van der Waals surface area contributed by atoms with Crippen LogP contribution in [-0.4, -0.2) is 22.3 Å². The third-order valence-electron chi connectivity index (χ3n) is 4.73. The molecule has 1 aliphatic heterocycles. The number of carbonyl (C=O) groups excluding carboxylic acids is 1. The molecule has 0 unspecified atom stereocenters. The molecule has 0 fully saturated rings. The lowest BCUT2D eigenvalue weighted by atomic mass is 9.98. The predicted molar refractivity (Wildman–Crippen MR) is 103 cm³/mol. The Kier molecular flexibility index (Phi) is 5.10. The molecule has 156 valence electrons. The van der Waals surface area contributed by atoms with Crippen LogP contribution in [0.15, 0.2) is 41.8 Å². The number of halogens is 4. The molecule has 2 N–H and O–H groups in total. The summed E-state index contributed by atoms with van der Waals surface area (Å²) in [5, 5.41) is 1.92. The molecule has 0 saturated carbocycles. The summed E-state index contributed by atoms with van der Waals surface area (Å²) < 4.78 is 57.7. The largest absolute Gasteiger partial charge is 0.457 e. The highest BCUT2D eigenvalue weighted by molar-refractivity contribution is 7.13. The molecule has 4 rings (SSSR count). The predicted octanol–water partition coefficient (Wildman–Crippen LogP) is 4.87. The Morgan fingerprint density at radius 3 is 2.70 bits per heavy atom. The van der Waals surface area contributed by atoms with E-state index in [0.717, 1.165) is 17.2 Å². The van der Waals surface area contributed by atoms with Crippen molar-refractivity contribution < 1.29 is 27.1 Å². The van der Waals surface area contributed by atoms with E-state index >= 15 is 0 Å². The van der Waals surface area contributed by atoms with Crippen LogP contribution >= 0.6 is 11.3 Å².